The molecule has 50 heavy (non-hydrogen) atoms. The fourth-order valence-corrected chi connectivity index (χ4v) is 10.1. The van der Waals surface area contributed by atoms with Crippen LogP contribution >= 0.6 is 0 Å². The van der Waals surface area contributed by atoms with E-state index >= 15 is 0 Å². The van der Waals surface area contributed by atoms with Gasteiger partial charge in [-0.15, -0.1) is 0 Å². The molecule has 1 N–H and O–H groups in total. The van der Waals surface area contributed by atoms with Gasteiger partial charge in [-0.05, 0) is 98.6 Å². The van der Waals surface area contributed by atoms with Gasteiger partial charge in [0.05, 0.1) is 30.6 Å². The maximum absolute atomic E-state index is 12.5. The number of rotatable bonds is 12. The molecular weight excluding hydrogens is 645 g/mol. The van der Waals surface area contributed by atoms with E-state index in [2.05, 4.69) is 86.6 Å². The average Bonchev–Trinajstić information content (AvgIpc) is 3.73. The van der Waals surface area contributed by atoms with Gasteiger partial charge in [-0.1, -0.05) is 86.6 Å². The molecule has 0 bridgehead atoms. The summed E-state index contributed by atoms with van der Waals surface area (Å²) in [6, 6.07) is 25.3. The molecule has 1 aromatic heterocycles. The van der Waals surface area contributed by atoms with E-state index in [1.165, 1.54) is 10.4 Å². The Bertz CT molecular complexity index is 1670. The number of nitrogens with zero attached hydrogens (tertiary/aromatic N) is 2. The lowest BCUT2D eigenvalue weighted by Gasteiger charge is -2.35. The number of aromatic nitrogens is 1. The molecule has 3 aromatic carbocycles. The number of carbonyl (C=O) groups excluding carboxylic acids is 1. The first-order valence-corrected chi connectivity index (χ1v) is 19.9. The molecule has 2 aliphatic rings. The maximum atomic E-state index is 12.5. The van der Waals surface area contributed by atoms with Crippen LogP contribution in [0, 0.1) is 23.2 Å². The van der Waals surface area contributed by atoms with Gasteiger partial charge in [-0.2, -0.15) is 0 Å². The quantitative estimate of drug-likeness (QED) is 0.161. The van der Waals surface area contributed by atoms with Crippen molar-refractivity contribution < 1.29 is 28.3 Å². The van der Waals surface area contributed by atoms with Crippen molar-refractivity contribution in [1.29, 1.82) is 0 Å². The minimum absolute atomic E-state index is 0.0330. The van der Waals surface area contributed by atoms with Gasteiger partial charge in [-0.3, -0.25) is 0 Å². The average molecular weight is 699 g/mol. The number of likely N-dealkylation sites (tertiary alicyclic amines) is 1. The largest absolute Gasteiger partial charge is 0.493 e. The van der Waals surface area contributed by atoms with E-state index in [4.69, 9.17) is 18.4 Å². The number of piperidine rings is 1. The summed E-state index contributed by atoms with van der Waals surface area (Å²) in [4.78, 5) is 14.3. The lowest BCUT2D eigenvalue weighted by atomic mass is 9.85. The Morgan fingerprint density at radius 2 is 1.60 bits per heavy atom. The van der Waals surface area contributed by atoms with E-state index in [0.29, 0.717) is 54.3 Å². The van der Waals surface area contributed by atoms with Gasteiger partial charge in [0.25, 0.3) is 0 Å². The highest BCUT2D eigenvalue weighted by Crippen LogP contribution is 2.48. The molecule has 1 aliphatic carbocycles. The molecule has 8 nitrogen and oxygen atoms in total. The summed E-state index contributed by atoms with van der Waals surface area (Å²) in [6.07, 6.45) is 4.55. The first-order chi connectivity index (χ1) is 23.9. The third kappa shape index (κ3) is 8.79. The fraction of sp³-hybridized carbons (Fsp3) is 0.512. The Labute approximate surface area is 298 Å². The molecule has 1 aliphatic heterocycles. The molecule has 1 saturated heterocycles. The van der Waals surface area contributed by atoms with E-state index in [1.54, 1.807) is 0 Å². The van der Waals surface area contributed by atoms with Crippen molar-refractivity contribution in [2.75, 3.05) is 19.7 Å². The fourth-order valence-electron chi connectivity index (χ4n) is 7.36. The van der Waals surface area contributed by atoms with Crippen LogP contribution in [0.15, 0.2) is 77.3 Å². The van der Waals surface area contributed by atoms with Crippen LogP contribution < -0.4 is 15.1 Å². The van der Waals surface area contributed by atoms with Gasteiger partial charge in [0.1, 0.15) is 11.4 Å². The maximum Gasteiger partial charge on any atom is 0.410 e. The molecule has 4 aromatic rings. The van der Waals surface area contributed by atoms with Crippen molar-refractivity contribution in [3.8, 4) is 5.75 Å². The Morgan fingerprint density at radius 1 is 0.960 bits per heavy atom. The third-order valence-corrected chi connectivity index (χ3v) is 12.7. The van der Waals surface area contributed by atoms with Crippen molar-refractivity contribution in [1.82, 2.24) is 10.1 Å². The van der Waals surface area contributed by atoms with Gasteiger partial charge in [0, 0.05) is 18.5 Å². The number of aliphatic hydroxyl groups excluding tert-OH is 1. The van der Waals surface area contributed by atoms with Gasteiger partial charge in [0.2, 0.25) is 9.04 Å². The lowest BCUT2D eigenvalue weighted by Crippen LogP contribution is -2.50. The van der Waals surface area contributed by atoms with Crippen molar-refractivity contribution in [2.45, 2.75) is 92.0 Å². The minimum Gasteiger partial charge on any atom is -0.493 e. The highest BCUT2D eigenvalue weighted by atomic mass is 28.3. The molecule has 6 rings (SSSR count). The summed E-state index contributed by atoms with van der Waals surface area (Å²) in [7, 11) is -1.91. The molecule has 1 saturated carbocycles. The molecule has 9 heteroatoms. The number of amides is 1. The number of hydrogen-bond acceptors (Lipinski definition) is 7. The van der Waals surface area contributed by atoms with Gasteiger partial charge < -0.3 is 28.4 Å². The summed E-state index contributed by atoms with van der Waals surface area (Å²) >= 11 is 0. The van der Waals surface area contributed by atoms with Crippen LogP contribution in [0.4, 0.5) is 4.79 Å². The monoisotopic (exact) mass is 698 g/mol. The molecule has 2 fully saturated rings. The van der Waals surface area contributed by atoms with Crippen LogP contribution in [0.5, 0.6) is 5.75 Å². The second-order valence-corrected chi connectivity index (χ2v) is 18.6. The summed E-state index contributed by atoms with van der Waals surface area (Å²) in [6.45, 7) is 14.3. The van der Waals surface area contributed by atoms with Crippen LogP contribution in [0.2, 0.25) is 0 Å². The molecule has 1 unspecified atom stereocenters. The Morgan fingerprint density at radius 3 is 2.18 bits per heavy atom. The zero-order chi connectivity index (χ0) is 35.5. The predicted octanol–water partition coefficient (Wildman–Crippen LogP) is 6.88. The zero-order valence-corrected chi connectivity index (χ0v) is 31.7. The van der Waals surface area contributed by atoms with Crippen molar-refractivity contribution in [2.24, 2.45) is 23.2 Å². The molecule has 268 valence electrons. The van der Waals surface area contributed by atoms with Crippen molar-refractivity contribution in [3.63, 3.8) is 0 Å². The standard InChI is InChI=1S/C41H54N2O6Si/c1-40(2,3)38(49-50(30-13-9-7-10-14-30)31-15-11-8-12-16-31)33-25-29(33)27-46-36-20-18-32-35(42-48-37(32)34(36)26-44)19-17-28-21-23-43(24-22-28)39(45)47-41(4,5)6/h7-16,18,20,28-29,33,38,44,50H,17,19,21-27H2,1-6H3/t29-,33-,38?/m0/s1. The molecule has 0 spiro atoms. The van der Waals surface area contributed by atoms with Crippen molar-refractivity contribution in [3.05, 3.63) is 84.1 Å². The first kappa shape index (κ1) is 36.1. The normalized spacial score (nSPS) is 19.2. The molecule has 0 radical (unpaired) electrons. The second kappa shape index (κ2) is 15.3. The number of ether oxygens (including phenoxy) is 2. The van der Waals surface area contributed by atoms with Crippen LogP contribution in [-0.2, 0) is 22.2 Å². The summed E-state index contributed by atoms with van der Waals surface area (Å²) in [5.41, 5.74) is 1.63. The smallest absolute Gasteiger partial charge is 0.410 e. The van der Waals surface area contributed by atoms with Gasteiger partial charge in [0.15, 0.2) is 5.58 Å². The van der Waals surface area contributed by atoms with E-state index in [9.17, 15) is 9.90 Å². The number of hydrogen-bond donors (Lipinski definition) is 1. The molecule has 3 atom stereocenters. The van der Waals surface area contributed by atoms with Crippen LogP contribution in [-0.4, -0.2) is 61.7 Å². The third-order valence-electron chi connectivity index (χ3n) is 10.1. The predicted molar refractivity (Wildman–Crippen MR) is 200 cm³/mol. The first-order valence-electron chi connectivity index (χ1n) is 18.3. The van der Waals surface area contributed by atoms with E-state index in [1.807, 2.05) is 37.8 Å². The second-order valence-electron chi connectivity index (χ2n) is 16.3. The number of fused-ring (bicyclic) bond motifs is 1. The van der Waals surface area contributed by atoms with Crippen molar-refractivity contribution >= 4 is 36.5 Å². The highest BCUT2D eigenvalue weighted by molar-refractivity contribution is 6.80. The SMILES string of the molecule is CC(C)(C)OC(=O)N1CCC(CCc2noc3c(CO)c(OC[C@@H]4C[C@@H]4C(O[SiH](c4ccccc4)c4ccccc4)C(C)(C)C)ccc23)CC1. The Balaban J connectivity index is 1.07. The minimum atomic E-state index is -1.91. The summed E-state index contributed by atoms with van der Waals surface area (Å²) in [5, 5.41) is 18.3. The Kier molecular flexibility index (Phi) is 11.1. The number of aryl methyl sites for hydroxylation is 1. The topological polar surface area (TPSA) is 94.3 Å². The van der Waals surface area contributed by atoms with Crippen LogP contribution in [0.1, 0.15) is 78.5 Å². The summed E-state index contributed by atoms with van der Waals surface area (Å²) in [5.74, 6) is 1.92. The Hall–Kier alpha value is -3.66. The van der Waals surface area contributed by atoms with E-state index in [-0.39, 0.29) is 24.2 Å². The number of benzene rings is 3. The molecular formula is C41H54N2O6Si. The summed E-state index contributed by atoms with van der Waals surface area (Å²) < 4.78 is 25.0. The van der Waals surface area contributed by atoms with Crippen LogP contribution in [0.25, 0.3) is 11.0 Å². The van der Waals surface area contributed by atoms with E-state index < -0.39 is 14.6 Å². The van der Waals surface area contributed by atoms with Gasteiger partial charge in [-0.25, -0.2) is 4.79 Å². The van der Waals surface area contributed by atoms with Crippen LogP contribution in [0.3, 0.4) is 0 Å². The zero-order valence-electron chi connectivity index (χ0n) is 30.6. The number of aliphatic hydroxyl groups is 1. The number of carbonyl (C=O) groups is 1. The highest BCUT2D eigenvalue weighted by Gasteiger charge is 2.49. The lowest BCUT2D eigenvalue weighted by molar-refractivity contribution is 0.0181. The molecule has 1 amide bonds. The van der Waals surface area contributed by atoms with E-state index in [0.717, 1.165) is 43.2 Å². The van der Waals surface area contributed by atoms with Gasteiger partial charge >= 0.3 is 6.09 Å². The molecule has 2 heterocycles.